The lowest BCUT2D eigenvalue weighted by molar-refractivity contribution is -0.918. The molecule has 1 atom stereocenters. The number of hydrogen-bond donors (Lipinski definition) is 2. The summed E-state index contributed by atoms with van der Waals surface area (Å²) in [6.45, 7) is 2.93. The zero-order valence-corrected chi connectivity index (χ0v) is 15.2. The van der Waals surface area contributed by atoms with Gasteiger partial charge in [0, 0.05) is 35.2 Å². The van der Waals surface area contributed by atoms with E-state index < -0.39 is 0 Å². The smallest absolute Gasteiger partial charge is 0.134 e. The predicted octanol–water partition coefficient (Wildman–Crippen LogP) is 2.89. The number of hydrogen-bond acceptors (Lipinski definition) is 3. The predicted molar refractivity (Wildman–Crippen MR) is 101 cm³/mol. The summed E-state index contributed by atoms with van der Waals surface area (Å²) in [6, 6.07) is 13.4. The van der Waals surface area contributed by atoms with E-state index in [0.717, 1.165) is 23.7 Å². The highest BCUT2D eigenvalue weighted by molar-refractivity contribution is 6.31. The fraction of sp³-hybridized carbons (Fsp3) is 0.350. The molecule has 2 N–H and O–H groups in total. The van der Waals surface area contributed by atoms with Gasteiger partial charge in [-0.05, 0) is 24.3 Å². The molecule has 0 spiro atoms. The molecule has 1 saturated heterocycles. The third-order valence-corrected chi connectivity index (χ3v) is 5.12. The van der Waals surface area contributed by atoms with Crippen LogP contribution in [0.25, 0.3) is 0 Å². The summed E-state index contributed by atoms with van der Waals surface area (Å²) < 4.78 is 5.21. The minimum Gasteiger partial charge on any atom is -0.507 e. The number of nitrogens with one attached hydrogen (secondary N) is 1. The molecule has 0 bridgehead atoms. The van der Waals surface area contributed by atoms with E-state index in [4.69, 9.17) is 16.3 Å². The fourth-order valence-electron chi connectivity index (χ4n) is 3.40. The van der Waals surface area contributed by atoms with E-state index in [1.54, 1.807) is 31.5 Å². The molecule has 1 aliphatic heterocycles. The summed E-state index contributed by atoms with van der Waals surface area (Å²) in [5.74, 6) is 0.902. The summed E-state index contributed by atoms with van der Waals surface area (Å²) in [5.41, 5.74) is 1.81. The zero-order valence-electron chi connectivity index (χ0n) is 14.4. The first kappa shape index (κ1) is 17.8. The number of methoxy groups -OCH3 is 1. The van der Waals surface area contributed by atoms with Gasteiger partial charge in [-0.2, -0.15) is 0 Å². The molecule has 2 aromatic carbocycles. The van der Waals surface area contributed by atoms with Crippen molar-refractivity contribution in [1.29, 1.82) is 0 Å². The maximum atomic E-state index is 10.00. The molecule has 25 heavy (non-hydrogen) atoms. The minimum absolute atomic E-state index is 0.201. The second-order valence-corrected chi connectivity index (χ2v) is 6.77. The number of benzene rings is 2. The maximum Gasteiger partial charge on any atom is 0.134 e. The summed E-state index contributed by atoms with van der Waals surface area (Å²) in [5, 5.41) is 10.8. The van der Waals surface area contributed by atoms with Crippen molar-refractivity contribution in [3.05, 3.63) is 58.6 Å². The molecule has 0 amide bonds. The van der Waals surface area contributed by atoms with Crippen LogP contribution in [0.1, 0.15) is 30.0 Å². The molecular weight excluding hydrogens is 336 g/mol. The standard InChI is InChI=1S/C20H23ClN2O2/c1-25-16-8-9-20(24)15(12-16)13-22-14-19(23-10-4-5-11-23)17-6-2-3-7-18(17)21/h2-3,6-9,12-13,19,24H,4-5,10-11,14H2,1H3/p+1/t19-/m0/s1. The number of phenolic OH excluding ortho intramolecular Hbond substituents is 1. The van der Waals surface area contributed by atoms with Gasteiger partial charge in [-0.15, -0.1) is 0 Å². The van der Waals surface area contributed by atoms with Crippen molar-refractivity contribution in [1.82, 2.24) is 0 Å². The maximum absolute atomic E-state index is 10.00. The monoisotopic (exact) mass is 359 g/mol. The molecule has 1 fully saturated rings. The van der Waals surface area contributed by atoms with Gasteiger partial charge in [0.2, 0.25) is 0 Å². The van der Waals surface area contributed by atoms with Crippen LogP contribution in [-0.4, -0.2) is 38.1 Å². The normalized spacial score (nSPS) is 16.4. The number of quaternary nitrogens is 1. The molecule has 1 aliphatic rings. The summed E-state index contributed by atoms with van der Waals surface area (Å²) >= 11 is 6.44. The fourth-order valence-corrected chi connectivity index (χ4v) is 3.67. The van der Waals surface area contributed by atoms with Crippen LogP contribution in [0.15, 0.2) is 47.5 Å². The highest BCUT2D eigenvalue weighted by atomic mass is 35.5. The molecule has 132 valence electrons. The van der Waals surface area contributed by atoms with Crippen LogP contribution >= 0.6 is 11.6 Å². The Labute approximate surface area is 153 Å². The molecule has 2 aromatic rings. The van der Waals surface area contributed by atoms with E-state index in [1.165, 1.54) is 17.7 Å². The largest absolute Gasteiger partial charge is 0.507 e. The molecule has 0 saturated carbocycles. The van der Waals surface area contributed by atoms with Crippen LogP contribution in [0.4, 0.5) is 0 Å². The Morgan fingerprint density at radius 2 is 2.00 bits per heavy atom. The summed E-state index contributed by atoms with van der Waals surface area (Å²) in [7, 11) is 1.61. The van der Waals surface area contributed by atoms with Gasteiger partial charge in [0.25, 0.3) is 0 Å². The van der Waals surface area contributed by atoms with E-state index in [0.29, 0.717) is 17.9 Å². The Bertz CT molecular complexity index is 742. The number of ether oxygens (including phenoxy) is 1. The molecule has 1 heterocycles. The van der Waals surface area contributed by atoms with Gasteiger partial charge in [0.15, 0.2) is 0 Å². The quantitative estimate of drug-likeness (QED) is 0.779. The van der Waals surface area contributed by atoms with Gasteiger partial charge in [0.05, 0.1) is 26.7 Å². The number of rotatable bonds is 6. The van der Waals surface area contributed by atoms with Gasteiger partial charge in [-0.1, -0.05) is 29.8 Å². The average Bonchev–Trinajstić information content (AvgIpc) is 3.15. The van der Waals surface area contributed by atoms with Crippen LogP contribution in [0.2, 0.25) is 5.02 Å². The third kappa shape index (κ3) is 4.33. The molecule has 0 aromatic heterocycles. The van der Waals surface area contributed by atoms with E-state index >= 15 is 0 Å². The summed E-state index contributed by atoms with van der Waals surface area (Å²) in [4.78, 5) is 6.15. The summed E-state index contributed by atoms with van der Waals surface area (Å²) in [6.07, 6.45) is 4.21. The average molecular weight is 360 g/mol. The first-order chi connectivity index (χ1) is 12.2. The minimum atomic E-state index is 0.201. The van der Waals surface area contributed by atoms with Crippen LogP contribution < -0.4 is 9.64 Å². The first-order valence-corrected chi connectivity index (χ1v) is 9.02. The Morgan fingerprint density at radius 3 is 2.72 bits per heavy atom. The zero-order chi connectivity index (χ0) is 17.6. The Hall–Kier alpha value is -2.04. The lowest BCUT2D eigenvalue weighted by Crippen LogP contribution is -3.10. The molecule has 4 nitrogen and oxygen atoms in total. The van der Waals surface area contributed by atoms with Crippen LogP contribution in [0.3, 0.4) is 0 Å². The van der Waals surface area contributed by atoms with Crippen molar-refractivity contribution < 1.29 is 14.7 Å². The van der Waals surface area contributed by atoms with Crippen molar-refractivity contribution in [2.24, 2.45) is 4.99 Å². The number of nitrogens with zero attached hydrogens (tertiary/aromatic N) is 1. The first-order valence-electron chi connectivity index (χ1n) is 8.65. The van der Waals surface area contributed by atoms with Crippen molar-refractivity contribution in [2.45, 2.75) is 18.9 Å². The molecule has 0 radical (unpaired) electrons. The number of halogens is 1. The van der Waals surface area contributed by atoms with Crippen LogP contribution in [0, 0.1) is 0 Å². The number of aliphatic imine (C=N–C) groups is 1. The Balaban J connectivity index is 1.80. The molecule has 5 heteroatoms. The van der Waals surface area contributed by atoms with Crippen LogP contribution in [-0.2, 0) is 0 Å². The Morgan fingerprint density at radius 1 is 1.24 bits per heavy atom. The van der Waals surface area contributed by atoms with Crippen molar-refractivity contribution in [3.8, 4) is 11.5 Å². The second kappa shape index (κ2) is 8.37. The second-order valence-electron chi connectivity index (χ2n) is 6.36. The van der Waals surface area contributed by atoms with Gasteiger partial charge < -0.3 is 14.7 Å². The van der Waals surface area contributed by atoms with Crippen LogP contribution in [0.5, 0.6) is 11.5 Å². The van der Waals surface area contributed by atoms with E-state index in [-0.39, 0.29) is 11.8 Å². The number of phenols is 1. The molecule has 0 unspecified atom stereocenters. The number of likely N-dealkylation sites (tertiary alicyclic amines) is 1. The SMILES string of the molecule is COc1ccc(O)c(C=NC[C@@H](c2ccccc2Cl)[NH+]2CCCC2)c1. The van der Waals surface area contributed by atoms with Crippen molar-refractivity contribution >= 4 is 17.8 Å². The van der Waals surface area contributed by atoms with E-state index in [9.17, 15) is 5.11 Å². The molecule has 0 aliphatic carbocycles. The number of aromatic hydroxyl groups is 1. The lowest BCUT2D eigenvalue weighted by atomic mass is 10.1. The highest BCUT2D eigenvalue weighted by Crippen LogP contribution is 2.23. The topological polar surface area (TPSA) is 46.3 Å². The van der Waals surface area contributed by atoms with Crippen molar-refractivity contribution in [3.63, 3.8) is 0 Å². The molecule has 3 rings (SSSR count). The lowest BCUT2D eigenvalue weighted by Gasteiger charge is -2.24. The van der Waals surface area contributed by atoms with E-state index in [2.05, 4.69) is 11.1 Å². The van der Waals surface area contributed by atoms with Gasteiger partial charge in [0.1, 0.15) is 17.5 Å². The Kier molecular flexibility index (Phi) is 5.95. The van der Waals surface area contributed by atoms with Gasteiger partial charge in [-0.25, -0.2) is 0 Å². The van der Waals surface area contributed by atoms with Crippen molar-refractivity contribution in [2.75, 3.05) is 26.7 Å². The molecular formula is C20H24ClN2O2+. The highest BCUT2D eigenvalue weighted by Gasteiger charge is 2.28. The van der Waals surface area contributed by atoms with Gasteiger partial charge >= 0.3 is 0 Å². The third-order valence-electron chi connectivity index (χ3n) is 4.77. The van der Waals surface area contributed by atoms with E-state index in [1.807, 2.05) is 18.2 Å². The van der Waals surface area contributed by atoms with Gasteiger partial charge in [-0.3, -0.25) is 4.99 Å².